The van der Waals surface area contributed by atoms with E-state index in [1.54, 1.807) is 0 Å². The van der Waals surface area contributed by atoms with Crippen LogP contribution in [0.1, 0.15) is 32.5 Å². The molecule has 2 saturated heterocycles. The molecule has 6 nitrogen and oxygen atoms in total. The zero-order chi connectivity index (χ0) is 17.1. The van der Waals surface area contributed by atoms with Crippen molar-refractivity contribution in [3.63, 3.8) is 0 Å². The molecule has 0 bridgehead atoms. The summed E-state index contributed by atoms with van der Waals surface area (Å²) in [6.07, 6.45) is 1.77. The fraction of sp³-hybridized carbons (Fsp3) is 0.875. The van der Waals surface area contributed by atoms with Crippen molar-refractivity contribution in [3.8, 4) is 0 Å². The third-order valence-electron chi connectivity index (χ3n) is 4.81. The lowest BCUT2D eigenvalue weighted by Gasteiger charge is -2.38. The fourth-order valence-corrected chi connectivity index (χ4v) is 3.92. The number of aromatic nitrogens is 3. The molecule has 0 saturated carbocycles. The molecular formula is C16H27F2N5O. The largest absolute Gasteiger partial charge is 0.373 e. The van der Waals surface area contributed by atoms with E-state index in [1.165, 1.54) is 11.0 Å². The van der Waals surface area contributed by atoms with E-state index in [0.29, 0.717) is 18.4 Å². The van der Waals surface area contributed by atoms with Crippen LogP contribution in [0.25, 0.3) is 0 Å². The zero-order valence-electron chi connectivity index (χ0n) is 14.4. The molecule has 1 aromatic rings. The quantitative estimate of drug-likeness (QED) is 0.785. The Labute approximate surface area is 141 Å². The predicted octanol–water partition coefficient (Wildman–Crippen LogP) is 1.62. The summed E-state index contributed by atoms with van der Waals surface area (Å²) < 4.78 is 32.4. The summed E-state index contributed by atoms with van der Waals surface area (Å²) in [5.74, 6) is 0.630. The van der Waals surface area contributed by atoms with E-state index in [0.717, 1.165) is 39.0 Å². The second-order valence-corrected chi connectivity index (χ2v) is 6.99. The molecule has 8 heteroatoms. The Morgan fingerprint density at radius 3 is 2.75 bits per heavy atom. The minimum atomic E-state index is -2.41. The van der Waals surface area contributed by atoms with E-state index in [2.05, 4.69) is 33.7 Å². The number of nitrogens with zero attached hydrogens (tertiary/aromatic N) is 5. The van der Waals surface area contributed by atoms with Gasteiger partial charge in [0.1, 0.15) is 18.7 Å². The van der Waals surface area contributed by atoms with Crippen molar-refractivity contribution in [2.24, 2.45) is 0 Å². The van der Waals surface area contributed by atoms with E-state index >= 15 is 0 Å². The Balaban J connectivity index is 1.58. The number of ether oxygens (including phenoxy) is 1. The van der Waals surface area contributed by atoms with Gasteiger partial charge in [-0.05, 0) is 33.2 Å². The van der Waals surface area contributed by atoms with Crippen LogP contribution < -0.4 is 0 Å². The molecule has 1 aromatic heterocycles. The summed E-state index contributed by atoms with van der Waals surface area (Å²) in [6, 6.07) is 0.444. The van der Waals surface area contributed by atoms with Crippen LogP contribution in [-0.2, 0) is 17.8 Å². The van der Waals surface area contributed by atoms with Crippen molar-refractivity contribution in [2.45, 2.75) is 64.5 Å². The van der Waals surface area contributed by atoms with E-state index in [9.17, 15) is 8.78 Å². The minimum absolute atomic E-state index is 0.262. The Hall–Kier alpha value is -1.12. The Morgan fingerprint density at radius 1 is 1.29 bits per heavy atom. The fourth-order valence-electron chi connectivity index (χ4n) is 3.92. The molecule has 3 heterocycles. The highest BCUT2D eigenvalue weighted by molar-refractivity contribution is 4.91. The standard InChI is InChI=1S/C16H27F2N5O/c1-12-6-21(7-13(2)24-12)8-14-4-3-5-22(14)10-16-19-11-20-23(16)9-15(17)18/h11-15H,3-10H2,1-2H3/t12-,13-,14+/m1/s1. The number of hydrogen-bond acceptors (Lipinski definition) is 5. The summed E-state index contributed by atoms with van der Waals surface area (Å²) in [5.41, 5.74) is 0. The van der Waals surface area contributed by atoms with Crippen LogP contribution in [0.3, 0.4) is 0 Å². The maximum Gasteiger partial charge on any atom is 0.257 e. The maximum absolute atomic E-state index is 12.6. The first-order chi connectivity index (χ1) is 11.5. The summed E-state index contributed by atoms with van der Waals surface area (Å²) in [4.78, 5) is 9.00. The molecule has 0 aliphatic carbocycles. The van der Waals surface area contributed by atoms with Crippen molar-refractivity contribution in [3.05, 3.63) is 12.2 Å². The lowest BCUT2D eigenvalue weighted by molar-refractivity contribution is -0.0725. The van der Waals surface area contributed by atoms with Gasteiger partial charge in [-0.2, -0.15) is 5.10 Å². The molecule has 0 radical (unpaired) electrons. The zero-order valence-corrected chi connectivity index (χ0v) is 14.4. The van der Waals surface area contributed by atoms with E-state index in [-0.39, 0.29) is 18.8 Å². The average molecular weight is 343 g/mol. The summed E-state index contributed by atoms with van der Waals surface area (Å²) in [5, 5.41) is 3.93. The van der Waals surface area contributed by atoms with Gasteiger partial charge >= 0.3 is 0 Å². The van der Waals surface area contributed by atoms with Gasteiger partial charge in [0.2, 0.25) is 0 Å². The minimum Gasteiger partial charge on any atom is -0.373 e. The number of halogens is 2. The van der Waals surface area contributed by atoms with Gasteiger partial charge < -0.3 is 4.74 Å². The first-order valence-corrected chi connectivity index (χ1v) is 8.78. The molecule has 0 aromatic carbocycles. The van der Waals surface area contributed by atoms with Crippen molar-refractivity contribution in [1.82, 2.24) is 24.6 Å². The molecule has 2 aliphatic heterocycles. The predicted molar refractivity (Wildman–Crippen MR) is 85.9 cm³/mol. The van der Waals surface area contributed by atoms with E-state index in [1.807, 2.05) is 0 Å². The highest BCUT2D eigenvalue weighted by Gasteiger charge is 2.30. The number of rotatable bonds is 6. The number of morpholine rings is 1. The molecule has 0 spiro atoms. The molecule has 2 aliphatic rings. The normalized spacial score (nSPS) is 29.6. The Bertz CT molecular complexity index is 516. The molecule has 0 N–H and O–H groups in total. The molecule has 24 heavy (non-hydrogen) atoms. The smallest absolute Gasteiger partial charge is 0.257 e. The van der Waals surface area contributed by atoms with Crippen molar-refractivity contribution in [1.29, 1.82) is 0 Å². The second-order valence-electron chi connectivity index (χ2n) is 6.99. The first kappa shape index (κ1) is 17.7. The molecular weight excluding hydrogens is 316 g/mol. The molecule has 0 amide bonds. The van der Waals surface area contributed by atoms with Gasteiger partial charge in [-0.25, -0.2) is 18.4 Å². The van der Waals surface area contributed by atoms with Crippen LogP contribution >= 0.6 is 0 Å². The highest BCUT2D eigenvalue weighted by atomic mass is 19.3. The summed E-state index contributed by atoms with van der Waals surface area (Å²) in [7, 11) is 0. The molecule has 3 rings (SSSR count). The van der Waals surface area contributed by atoms with Crippen LogP contribution in [0.4, 0.5) is 8.78 Å². The van der Waals surface area contributed by atoms with Crippen LogP contribution in [0.2, 0.25) is 0 Å². The third kappa shape index (κ3) is 4.49. The monoisotopic (exact) mass is 343 g/mol. The maximum atomic E-state index is 12.6. The Morgan fingerprint density at radius 2 is 2.04 bits per heavy atom. The van der Waals surface area contributed by atoms with Crippen LogP contribution in [0.15, 0.2) is 6.33 Å². The average Bonchev–Trinajstić information content (AvgIpc) is 3.08. The second kappa shape index (κ2) is 7.84. The molecule has 0 unspecified atom stereocenters. The van der Waals surface area contributed by atoms with Crippen molar-refractivity contribution >= 4 is 0 Å². The van der Waals surface area contributed by atoms with Crippen LogP contribution in [0, 0.1) is 0 Å². The Kier molecular flexibility index (Phi) is 5.78. The van der Waals surface area contributed by atoms with Gasteiger partial charge in [0, 0.05) is 25.7 Å². The number of alkyl halides is 2. The lowest BCUT2D eigenvalue weighted by Crippen LogP contribution is -2.50. The van der Waals surface area contributed by atoms with E-state index in [4.69, 9.17) is 4.74 Å². The van der Waals surface area contributed by atoms with Crippen molar-refractivity contribution in [2.75, 3.05) is 26.2 Å². The lowest BCUT2D eigenvalue weighted by atomic mass is 10.1. The van der Waals surface area contributed by atoms with Crippen molar-refractivity contribution < 1.29 is 13.5 Å². The molecule has 3 atom stereocenters. The van der Waals surface area contributed by atoms with Gasteiger partial charge in [0.05, 0.1) is 18.8 Å². The number of likely N-dealkylation sites (tertiary alicyclic amines) is 1. The van der Waals surface area contributed by atoms with Gasteiger partial charge in [0.25, 0.3) is 6.43 Å². The van der Waals surface area contributed by atoms with Gasteiger partial charge in [-0.3, -0.25) is 9.80 Å². The van der Waals surface area contributed by atoms with Gasteiger partial charge in [-0.15, -0.1) is 0 Å². The highest BCUT2D eigenvalue weighted by Crippen LogP contribution is 2.22. The molecule has 136 valence electrons. The van der Waals surface area contributed by atoms with Gasteiger partial charge in [0.15, 0.2) is 0 Å². The van der Waals surface area contributed by atoms with Gasteiger partial charge in [-0.1, -0.05) is 0 Å². The van der Waals surface area contributed by atoms with E-state index < -0.39 is 6.43 Å². The summed E-state index contributed by atoms with van der Waals surface area (Å²) in [6.45, 7) is 8.33. The molecule has 2 fully saturated rings. The van der Waals surface area contributed by atoms with Crippen LogP contribution in [0.5, 0.6) is 0 Å². The third-order valence-corrected chi connectivity index (χ3v) is 4.81. The number of hydrogen-bond donors (Lipinski definition) is 0. The topological polar surface area (TPSA) is 46.4 Å². The first-order valence-electron chi connectivity index (χ1n) is 8.78. The summed E-state index contributed by atoms with van der Waals surface area (Å²) >= 11 is 0. The van der Waals surface area contributed by atoms with Crippen LogP contribution in [-0.4, -0.2) is 75.4 Å². The SMILES string of the molecule is C[C@@H]1CN(C[C@@H]2CCCN2Cc2ncnn2CC(F)F)C[C@@H](C)O1.